The number of halogens is 1. The molecular formula is C20H14ClN5O3. The monoisotopic (exact) mass is 407 g/mol. The van der Waals surface area contributed by atoms with Crippen molar-refractivity contribution in [1.82, 2.24) is 14.6 Å². The summed E-state index contributed by atoms with van der Waals surface area (Å²) in [6.07, 6.45) is 2.98. The summed E-state index contributed by atoms with van der Waals surface area (Å²) < 4.78 is 1.57. The molecule has 8 nitrogen and oxygen atoms in total. The third kappa shape index (κ3) is 3.53. The van der Waals surface area contributed by atoms with E-state index in [0.29, 0.717) is 5.65 Å². The Hall–Kier alpha value is -3.78. The van der Waals surface area contributed by atoms with Gasteiger partial charge in [0.05, 0.1) is 16.8 Å². The van der Waals surface area contributed by atoms with Crippen LogP contribution in [0.4, 0.5) is 11.4 Å². The zero-order valence-electron chi connectivity index (χ0n) is 15.2. The molecule has 4 aromatic rings. The minimum absolute atomic E-state index is 0.0402. The molecule has 0 radical (unpaired) electrons. The van der Waals surface area contributed by atoms with Crippen molar-refractivity contribution >= 4 is 34.5 Å². The van der Waals surface area contributed by atoms with Crippen molar-refractivity contribution in [2.45, 2.75) is 6.92 Å². The van der Waals surface area contributed by atoms with Gasteiger partial charge in [-0.15, -0.1) is 0 Å². The van der Waals surface area contributed by atoms with Crippen molar-refractivity contribution in [3.05, 3.63) is 87.2 Å². The Labute approximate surface area is 169 Å². The Morgan fingerprint density at radius 3 is 2.66 bits per heavy atom. The number of nitrogens with one attached hydrogen (secondary N) is 1. The normalized spacial score (nSPS) is 10.8. The molecule has 0 saturated carbocycles. The highest BCUT2D eigenvalue weighted by Gasteiger charge is 2.21. The summed E-state index contributed by atoms with van der Waals surface area (Å²) in [6.45, 7) is 2.00. The van der Waals surface area contributed by atoms with Gasteiger partial charge >= 0.3 is 0 Å². The number of carbonyl (C=O) groups is 1. The van der Waals surface area contributed by atoms with Crippen LogP contribution < -0.4 is 5.32 Å². The molecule has 1 N–H and O–H groups in total. The molecule has 0 spiro atoms. The van der Waals surface area contributed by atoms with Gasteiger partial charge in [-0.2, -0.15) is 5.10 Å². The Morgan fingerprint density at radius 1 is 1.17 bits per heavy atom. The molecule has 2 heterocycles. The van der Waals surface area contributed by atoms with E-state index in [2.05, 4.69) is 15.4 Å². The van der Waals surface area contributed by atoms with Crippen LogP contribution in [0.1, 0.15) is 15.9 Å². The molecule has 0 aliphatic heterocycles. The second kappa shape index (κ2) is 7.33. The van der Waals surface area contributed by atoms with E-state index >= 15 is 0 Å². The standard InChI is InChI=1S/C20H14ClN5O3/c1-12-2-4-13(5-3-12)17-8-9-22-19-15(11-23-25(17)19)20(27)24-16-7-6-14(21)10-18(16)26(28)29/h2-11H,1H3,(H,24,27). The first-order valence-corrected chi connectivity index (χ1v) is 8.97. The number of nitro groups is 1. The fourth-order valence-electron chi connectivity index (χ4n) is 2.95. The average molecular weight is 408 g/mol. The largest absolute Gasteiger partial charge is 0.316 e. The number of carbonyl (C=O) groups excluding carboxylic acids is 1. The number of nitrogens with zero attached hydrogens (tertiary/aromatic N) is 4. The van der Waals surface area contributed by atoms with E-state index in [1.54, 1.807) is 16.8 Å². The second-order valence-electron chi connectivity index (χ2n) is 6.36. The van der Waals surface area contributed by atoms with Gasteiger partial charge in [0.15, 0.2) is 5.65 Å². The smallest absolute Gasteiger partial charge is 0.294 e. The molecule has 29 heavy (non-hydrogen) atoms. The predicted octanol–water partition coefficient (Wildman–Crippen LogP) is 4.52. The Morgan fingerprint density at radius 2 is 1.93 bits per heavy atom. The van der Waals surface area contributed by atoms with Crippen molar-refractivity contribution in [3.8, 4) is 11.3 Å². The Balaban J connectivity index is 1.72. The molecule has 0 unspecified atom stereocenters. The molecule has 9 heteroatoms. The van der Waals surface area contributed by atoms with Crippen molar-refractivity contribution in [2.75, 3.05) is 5.32 Å². The highest BCUT2D eigenvalue weighted by molar-refractivity contribution is 6.31. The average Bonchev–Trinajstić information content (AvgIpc) is 3.14. The highest BCUT2D eigenvalue weighted by Crippen LogP contribution is 2.29. The van der Waals surface area contributed by atoms with E-state index in [9.17, 15) is 14.9 Å². The van der Waals surface area contributed by atoms with Crippen LogP contribution in [0.2, 0.25) is 5.02 Å². The summed E-state index contributed by atoms with van der Waals surface area (Å²) in [4.78, 5) is 27.7. The number of anilines is 1. The maximum Gasteiger partial charge on any atom is 0.294 e. The molecule has 0 bridgehead atoms. The number of hydrogen-bond donors (Lipinski definition) is 1. The molecule has 0 fully saturated rings. The summed E-state index contributed by atoms with van der Waals surface area (Å²) in [5, 5.41) is 18.3. The second-order valence-corrected chi connectivity index (χ2v) is 6.80. The first-order chi connectivity index (χ1) is 13.9. The number of hydrogen-bond acceptors (Lipinski definition) is 5. The van der Waals surface area contributed by atoms with Gasteiger partial charge in [-0.1, -0.05) is 41.4 Å². The number of nitro benzene ring substituents is 1. The van der Waals surface area contributed by atoms with Gasteiger partial charge in [0, 0.05) is 22.8 Å². The van der Waals surface area contributed by atoms with Gasteiger partial charge < -0.3 is 5.32 Å². The maximum atomic E-state index is 12.8. The lowest BCUT2D eigenvalue weighted by molar-refractivity contribution is -0.383. The molecule has 0 aliphatic carbocycles. The number of rotatable bonds is 4. The topological polar surface area (TPSA) is 102 Å². The Bertz CT molecular complexity index is 1250. The summed E-state index contributed by atoms with van der Waals surface area (Å²) in [5.74, 6) is -0.557. The van der Waals surface area contributed by atoms with E-state index < -0.39 is 10.8 Å². The minimum Gasteiger partial charge on any atom is -0.316 e. The van der Waals surface area contributed by atoms with E-state index in [1.165, 1.54) is 24.4 Å². The zero-order valence-corrected chi connectivity index (χ0v) is 15.9. The summed E-state index contributed by atoms with van der Waals surface area (Å²) >= 11 is 5.82. The van der Waals surface area contributed by atoms with Gasteiger partial charge in [0.1, 0.15) is 11.3 Å². The highest BCUT2D eigenvalue weighted by atomic mass is 35.5. The SMILES string of the molecule is Cc1ccc(-c2ccnc3c(C(=O)Nc4ccc(Cl)cc4[N+](=O)[O-])cnn23)cc1. The van der Waals surface area contributed by atoms with Crippen LogP contribution in [-0.4, -0.2) is 25.4 Å². The summed E-state index contributed by atoms with van der Waals surface area (Å²) in [5.41, 5.74) is 3.11. The van der Waals surface area contributed by atoms with Crippen LogP contribution in [0.5, 0.6) is 0 Å². The van der Waals surface area contributed by atoms with Gasteiger partial charge in [0.2, 0.25) is 0 Å². The Kier molecular flexibility index (Phi) is 4.69. The van der Waals surface area contributed by atoms with Crippen LogP contribution in [-0.2, 0) is 0 Å². The quantitative estimate of drug-likeness (QED) is 0.395. The van der Waals surface area contributed by atoms with Gasteiger partial charge in [-0.05, 0) is 25.1 Å². The van der Waals surface area contributed by atoms with Crippen LogP contribution in [0.15, 0.2) is 60.9 Å². The van der Waals surface area contributed by atoms with E-state index in [-0.39, 0.29) is 22.0 Å². The summed E-state index contributed by atoms with van der Waals surface area (Å²) in [6, 6.07) is 13.7. The fraction of sp³-hybridized carbons (Fsp3) is 0.0500. The minimum atomic E-state index is -0.606. The van der Waals surface area contributed by atoms with E-state index in [1.807, 2.05) is 31.2 Å². The van der Waals surface area contributed by atoms with Crippen molar-refractivity contribution < 1.29 is 9.72 Å². The zero-order chi connectivity index (χ0) is 20.5. The molecular weight excluding hydrogens is 394 g/mol. The number of benzene rings is 2. The van der Waals surface area contributed by atoms with Crippen LogP contribution >= 0.6 is 11.6 Å². The first kappa shape index (κ1) is 18.6. The van der Waals surface area contributed by atoms with Crippen LogP contribution in [0, 0.1) is 17.0 Å². The number of amides is 1. The molecule has 1 amide bonds. The maximum absolute atomic E-state index is 12.8. The summed E-state index contributed by atoms with van der Waals surface area (Å²) in [7, 11) is 0. The lowest BCUT2D eigenvalue weighted by Crippen LogP contribution is -2.13. The van der Waals surface area contributed by atoms with Crippen molar-refractivity contribution in [2.24, 2.45) is 0 Å². The number of fused-ring (bicyclic) bond motifs is 1. The van der Waals surface area contributed by atoms with E-state index in [4.69, 9.17) is 11.6 Å². The molecule has 4 rings (SSSR count). The van der Waals surface area contributed by atoms with Crippen LogP contribution in [0.3, 0.4) is 0 Å². The van der Waals surface area contributed by atoms with E-state index in [0.717, 1.165) is 16.8 Å². The fourth-order valence-corrected chi connectivity index (χ4v) is 3.11. The van der Waals surface area contributed by atoms with Crippen LogP contribution in [0.25, 0.3) is 16.9 Å². The number of aryl methyl sites for hydroxylation is 1. The number of aromatic nitrogens is 3. The lowest BCUT2D eigenvalue weighted by atomic mass is 10.1. The molecule has 0 atom stereocenters. The van der Waals surface area contributed by atoms with Crippen molar-refractivity contribution in [3.63, 3.8) is 0 Å². The van der Waals surface area contributed by atoms with Gasteiger partial charge in [0.25, 0.3) is 11.6 Å². The molecule has 2 aromatic carbocycles. The van der Waals surface area contributed by atoms with Crippen molar-refractivity contribution in [1.29, 1.82) is 0 Å². The van der Waals surface area contributed by atoms with Gasteiger partial charge in [-0.3, -0.25) is 14.9 Å². The third-order valence-corrected chi connectivity index (χ3v) is 4.63. The predicted molar refractivity (Wildman–Crippen MR) is 109 cm³/mol. The third-order valence-electron chi connectivity index (χ3n) is 4.40. The molecule has 144 valence electrons. The van der Waals surface area contributed by atoms with Gasteiger partial charge in [-0.25, -0.2) is 9.50 Å². The first-order valence-electron chi connectivity index (χ1n) is 8.59. The molecule has 0 aliphatic rings. The molecule has 2 aromatic heterocycles. The molecule has 0 saturated heterocycles. The lowest BCUT2D eigenvalue weighted by Gasteiger charge is -2.07.